The number of rotatable bonds is 4. The predicted octanol–water partition coefficient (Wildman–Crippen LogP) is 2.01. The first-order chi connectivity index (χ1) is 10.5. The van der Waals surface area contributed by atoms with E-state index in [-0.39, 0.29) is 12.0 Å². The van der Waals surface area contributed by atoms with E-state index in [0.717, 1.165) is 19.4 Å². The molecule has 8 heteroatoms. The highest BCUT2D eigenvalue weighted by Gasteiger charge is 2.20. The van der Waals surface area contributed by atoms with Gasteiger partial charge in [0.15, 0.2) is 0 Å². The van der Waals surface area contributed by atoms with Gasteiger partial charge < -0.3 is 10.1 Å². The maximum Gasteiger partial charge on any atom is 0.260 e. The summed E-state index contributed by atoms with van der Waals surface area (Å²) in [5.74, 6) is -0.285. The Bertz CT molecular complexity index is 687. The van der Waals surface area contributed by atoms with Crippen molar-refractivity contribution < 1.29 is 9.53 Å². The first kappa shape index (κ1) is 15.1. The quantitative estimate of drug-likeness (QED) is 0.934. The molecular formula is C14H18ClN5O2. The minimum Gasteiger partial charge on any atom is -0.376 e. The third kappa shape index (κ3) is 3.00. The molecule has 0 bridgehead atoms. The Morgan fingerprint density at radius 2 is 2.41 bits per heavy atom. The Labute approximate surface area is 133 Å². The van der Waals surface area contributed by atoms with Crippen LogP contribution in [0, 0.1) is 6.92 Å². The maximum atomic E-state index is 12.3. The zero-order chi connectivity index (χ0) is 15.7. The molecule has 1 aliphatic heterocycles. The van der Waals surface area contributed by atoms with Gasteiger partial charge in [-0.05, 0) is 19.8 Å². The number of nitrogens with zero attached hydrogens (tertiary/aromatic N) is 4. The standard InChI is InChI=1S/C14H18ClN5O2/c1-9-12(13(15)19(2)18-9)14(21)17-10-6-16-20(7-10)8-11-4-3-5-22-11/h6-7,11H,3-5,8H2,1-2H3,(H,17,21). The number of aryl methyl sites for hydroxylation is 2. The van der Waals surface area contributed by atoms with Crippen LogP contribution in [-0.2, 0) is 18.3 Å². The Morgan fingerprint density at radius 3 is 3.05 bits per heavy atom. The Morgan fingerprint density at radius 1 is 1.59 bits per heavy atom. The molecule has 7 nitrogen and oxygen atoms in total. The molecule has 0 radical (unpaired) electrons. The number of halogens is 1. The highest BCUT2D eigenvalue weighted by Crippen LogP contribution is 2.20. The highest BCUT2D eigenvalue weighted by molar-refractivity contribution is 6.33. The number of carbonyl (C=O) groups is 1. The van der Waals surface area contributed by atoms with Crippen LogP contribution in [0.2, 0.25) is 5.15 Å². The lowest BCUT2D eigenvalue weighted by molar-refractivity contribution is 0.0940. The van der Waals surface area contributed by atoms with E-state index in [2.05, 4.69) is 15.5 Å². The van der Waals surface area contributed by atoms with E-state index in [1.807, 2.05) is 0 Å². The summed E-state index contributed by atoms with van der Waals surface area (Å²) in [4.78, 5) is 12.3. The number of hydrogen-bond acceptors (Lipinski definition) is 4. The van der Waals surface area contributed by atoms with E-state index in [0.29, 0.717) is 28.6 Å². The van der Waals surface area contributed by atoms with E-state index >= 15 is 0 Å². The monoisotopic (exact) mass is 323 g/mol. The van der Waals surface area contributed by atoms with Crippen molar-refractivity contribution >= 4 is 23.2 Å². The van der Waals surface area contributed by atoms with Crippen molar-refractivity contribution in [3.8, 4) is 0 Å². The molecule has 22 heavy (non-hydrogen) atoms. The van der Waals surface area contributed by atoms with E-state index in [1.165, 1.54) is 4.68 Å². The summed E-state index contributed by atoms with van der Waals surface area (Å²) in [7, 11) is 1.70. The van der Waals surface area contributed by atoms with Crippen LogP contribution in [0.15, 0.2) is 12.4 Å². The van der Waals surface area contributed by atoms with Crippen molar-refractivity contribution in [3.63, 3.8) is 0 Å². The number of ether oxygens (including phenoxy) is 1. The molecule has 2 aromatic heterocycles. The predicted molar refractivity (Wildman–Crippen MR) is 82.1 cm³/mol. The number of hydrogen-bond donors (Lipinski definition) is 1. The lowest BCUT2D eigenvalue weighted by Gasteiger charge is -2.08. The van der Waals surface area contributed by atoms with Crippen LogP contribution in [-0.4, -0.2) is 38.2 Å². The molecule has 1 aliphatic rings. The summed E-state index contributed by atoms with van der Waals surface area (Å²) in [6.07, 6.45) is 5.75. The summed E-state index contributed by atoms with van der Waals surface area (Å²) >= 11 is 6.10. The normalized spacial score (nSPS) is 17.9. The zero-order valence-electron chi connectivity index (χ0n) is 12.5. The van der Waals surface area contributed by atoms with Gasteiger partial charge in [-0.3, -0.25) is 14.2 Å². The summed E-state index contributed by atoms with van der Waals surface area (Å²) in [5.41, 5.74) is 1.61. The summed E-state index contributed by atoms with van der Waals surface area (Å²) in [5, 5.41) is 11.5. The number of carbonyl (C=O) groups excluding carboxylic acids is 1. The highest BCUT2D eigenvalue weighted by atomic mass is 35.5. The van der Waals surface area contributed by atoms with Crippen LogP contribution in [0.25, 0.3) is 0 Å². The molecular weight excluding hydrogens is 306 g/mol. The molecule has 1 N–H and O–H groups in total. The zero-order valence-corrected chi connectivity index (χ0v) is 13.3. The van der Waals surface area contributed by atoms with Crippen molar-refractivity contribution in [2.75, 3.05) is 11.9 Å². The molecule has 3 heterocycles. The van der Waals surface area contributed by atoms with Crippen LogP contribution in [0.4, 0.5) is 5.69 Å². The molecule has 0 aromatic carbocycles. The molecule has 1 amide bonds. The summed E-state index contributed by atoms with van der Waals surface area (Å²) in [6, 6.07) is 0. The van der Waals surface area contributed by atoms with Gasteiger partial charge >= 0.3 is 0 Å². The van der Waals surface area contributed by atoms with Crippen molar-refractivity contribution in [2.24, 2.45) is 7.05 Å². The van der Waals surface area contributed by atoms with Crippen molar-refractivity contribution in [3.05, 3.63) is 28.8 Å². The molecule has 0 saturated carbocycles. The molecule has 0 aliphatic carbocycles. The first-order valence-electron chi connectivity index (χ1n) is 7.19. The van der Waals surface area contributed by atoms with Crippen molar-refractivity contribution in [1.29, 1.82) is 0 Å². The number of aromatic nitrogens is 4. The second-order valence-corrected chi connectivity index (χ2v) is 5.77. The van der Waals surface area contributed by atoms with E-state index in [1.54, 1.807) is 31.0 Å². The van der Waals surface area contributed by atoms with Gasteiger partial charge in [0.1, 0.15) is 5.15 Å². The Kier molecular flexibility index (Phi) is 4.17. The Balaban J connectivity index is 1.68. The van der Waals surface area contributed by atoms with Gasteiger partial charge in [0, 0.05) is 19.9 Å². The van der Waals surface area contributed by atoms with Gasteiger partial charge in [-0.25, -0.2) is 0 Å². The van der Waals surface area contributed by atoms with E-state index in [4.69, 9.17) is 16.3 Å². The summed E-state index contributed by atoms with van der Waals surface area (Å²) in [6.45, 7) is 3.26. The van der Waals surface area contributed by atoms with Gasteiger partial charge in [0.25, 0.3) is 5.91 Å². The smallest absolute Gasteiger partial charge is 0.260 e. The van der Waals surface area contributed by atoms with Gasteiger partial charge in [0.2, 0.25) is 0 Å². The van der Waals surface area contributed by atoms with Crippen LogP contribution >= 0.6 is 11.6 Å². The molecule has 3 rings (SSSR count). The molecule has 0 spiro atoms. The van der Waals surface area contributed by atoms with Gasteiger partial charge in [0.05, 0.1) is 35.8 Å². The van der Waals surface area contributed by atoms with Crippen LogP contribution in [0.3, 0.4) is 0 Å². The van der Waals surface area contributed by atoms with Crippen molar-refractivity contribution in [2.45, 2.75) is 32.4 Å². The van der Waals surface area contributed by atoms with E-state index < -0.39 is 0 Å². The third-order valence-electron chi connectivity index (χ3n) is 3.69. The maximum absolute atomic E-state index is 12.3. The van der Waals surface area contributed by atoms with Gasteiger partial charge in [-0.15, -0.1) is 0 Å². The fraction of sp³-hybridized carbons (Fsp3) is 0.500. The molecule has 1 atom stereocenters. The molecule has 2 aromatic rings. The van der Waals surface area contributed by atoms with Crippen LogP contribution < -0.4 is 5.32 Å². The van der Waals surface area contributed by atoms with E-state index in [9.17, 15) is 4.79 Å². The Hall–Kier alpha value is -1.86. The van der Waals surface area contributed by atoms with Crippen molar-refractivity contribution in [1.82, 2.24) is 19.6 Å². The minimum absolute atomic E-state index is 0.207. The lowest BCUT2D eigenvalue weighted by Crippen LogP contribution is -2.15. The molecule has 1 saturated heterocycles. The van der Waals surface area contributed by atoms with Gasteiger partial charge in [-0.1, -0.05) is 11.6 Å². The lowest BCUT2D eigenvalue weighted by atomic mass is 10.2. The van der Waals surface area contributed by atoms with Crippen LogP contribution in [0.1, 0.15) is 28.9 Å². The van der Waals surface area contributed by atoms with Gasteiger partial charge in [-0.2, -0.15) is 10.2 Å². The third-order valence-corrected chi connectivity index (χ3v) is 4.12. The minimum atomic E-state index is -0.285. The number of nitrogens with one attached hydrogen (secondary N) is 1. The summed E-state index contributed by atoms with van der Waals surface area (Å²) < 4.78 is 8.83. The first-order valence-corrected chi connectivity index (χ1v) is 7.57. The molecule has 118 valence electrons. The molecule has 1 unspecified atom stereocenters. The topological polar surface area (TPSA) is 74.0 Å². The number of amides is 1. The largest absolute Gasteiger partial charge is 0.376 e. The molecule has 1 fully saturated rings. The fourth-order valence-corrected chi connectivity index (χ4v) is 2.87. The number of anilines is 1. The second kappa shape index (κ2) is 6.10. The fourth-order valence-electron chi connectivity index (χ4n) is 2.61. The average molecular weight is 324 g/mol. The van der Waals surface area contributed by atoms with Crippen LogP contribution in [0.5, 0.6) is 0 Å². The average Bonchev–Trinajstić information content (AvgIpc) is 3.15. The SMILES string of the molecule is Cc1nn(C)c(Cl)c1C(=O)Nc1cnn(CC2CCCO2)c1. The second-order valence-electron chi connectivity index (χ2n) is 5.42.